The third-order valence-corrected chi connectivity index (χ3v) is 1.31. The van der Waals surface area contributed by atoms with Gasteiger partial charge in [0.25, 0.3) is 0 Å². The zero-order valence-electron chi connectivity index (χ0n) is 5.46. The molecule has 0 aromatic carbocycles. The van der Waals surface area contributed by atoms with Crippen molar-refractivity contribution in [2.75, 3.05) is 0 Å². The molecule has 3 N–H and O–H groups in total. The van der Waals surface area contributed by atoms with Crippen LogP contribution in [0.25, 0.3) is 0 Å². The monoisotopic (exact) mass is 125 g/mol. The molecule has 0 saturated carbocycles. The molecule has 3 heteroatoms. The molecular weight excluding hydrogens is 114 g/mol. The van der Waals surface area contributed by atoms with Crippen LogP contribution in [0.2, 0.25) is 0 Å². The van der Waals surface area contributed by atoms with E-state index in [0.717, 1.165) is 12.2 Å². The molecule has 1 aromatic rings. The first-order valence-electron chi connectivity index (χ1n) is 3.09. The maximum absolute atomic E-state index is 5.64. The summed E-state index contributed by atoms with van der Waals surface area (Å²) in [5.74, 6) is 0.873. The first-order chi connectivity index (χ1) is 4.34. The Balaban J connectivity index is 2.65. The molecule has 0 amide bonds. The second-order valence-electron chi connectivity index (χ2n) is 1.99. The van der Waals surface area contributed by atoms with Crippen molar-refractivity contribution in [3.63, 3.8) is 0 Å². The zero-order valence-corrected chi connectivity index (χ0v) is 5.46. The molecule has 3 nitrogen and oxygen atoms in total. The number of nitrogens with two attached hydrogens (primary N) is 1. The van der Waals surface area contributed by atoms with Crippen LogP contribution in [-0.2, 0) is 0 Å². The molecule has 0 aliphatic rings. The minimum Gasteiger partial charge on any atom is -0.347 e. The largest absolute Gasteiger partial charge is 0.347 e. The first-order valence-corrected chi connectivity index (χ1v) is 3.09. The molecule has 1 atom stereocenters. The Kier molecular flexibility index (Phi) is 1.85. The van der Waals surface area contributed by atoms with Gasteiger partial charge < -0.3 is 10.7 Å². The summed E-state index contributed by atoms with van der Waals surface area (Å²) in [5, 5.41) is 0. The van der Waals surface area contributed by atoms with E-state index in [0.29, 0.717) is 0 Å². The third-order valence-electron chi connectivity index (χ3n) is 1.31. The fraction of sp³-hybridized carbons (Fsp3) is 0.500. The lowest BCUT2D eigenvalue weighted by Gasteiger charge is -2.01. The van der Waals surface area contributed by atoms with Gasteiger partial charge in [-0.15, -0.1) is 0 Å². The van der Waals surface area contributed by atoms with Crippen LogP contribution in [0.15, 0.2) is 12.4 Å². The summed E-state index contributed by atoms with van der Waals surface area (Å²) in [6.45, 7) is 2.03. The maximum atomic E-state index is 5.64. The van der Waals surface area contributed by atoms with Crippen molar-refractivity contribution in [1.29, 1.82) is 0 Å². The fourth-order valence-corrected chi connectivity index (χ4v) is 0.674. The highest BCUT2D eigenvalue weighted by molar-refractivity contribution is 4.92. The van der Waals surface area contributed by atoms with Crippen molar-refractivity contribution in [2.45, 2.75) is 19.4 Å². The van der Waals surface area contributed by atoms with Crippen LogP contribution in [-0.4, -0.2) is 9.97 Å². The molecule has 1 heterocycles. The lowest BCUT2D eigenvalue weighted by Crippen LogP contribution is -2.09. The molecule has 0 aliphatic heterocycles. The molecule has 0 unspecified atom stereocenters. The van der Waals surface area contributed by atoms with Crippen LogP contribution in [0.4, 0.5) is 0 Å². The van der Waals surface area contributed by atoms with Crippen LogP contribution < -0.4 is 5.73 Å². The topological polar surface area (TPSA) is 54.7 Å². The average Bonchev–Trinajstić information content (AvgIpc) is 2.37. The fourth-order valence-electron chi connectivity index (χ4n) is 0.674. The normalized spacial score (nSPS) is 13.6. The lowest BCUT2D eigenvalue weighted by molar-refractivity contribution is 0.658. The Morgan fingerprint density at radius 2 is 2.67 bits per heavy atom. The van der Waals surface area contributed by atoms with Gasteiger partial charge in [-0.2, -0.15) is 0 Å². The Hall–Kier alpha value is -0.830. The highest BCUT2D eigenvalue weighted by Gasteiger charge is 2.02. The van der Waals surface area contributed by atoms with Crippen molar-refractivity contribution in [3.05, 3.63) is 18.2 Å². The van der Waals surface area contributed by atoms with Crippen LogP contribution in [0.5, 0.6) is 0 Å². The minimum atomic E-state index is 0.0694. The third kappa shape index (κ3) is 1.29. The van der Waals surface area contributed by atoms with Crippen molar-refractivity contribution in [1.82, 2.24) is 9.97 Å². The van der Waals surface area contributed by atoms with Crippen LogP contribution >= 0.6 is 0 Å². The van der Waals surface area contributed by atoms with Crippen LogP contribution in [0.3, 0.4) is 0 Å². The summed E-state index contributed by atoms with van der Waals surface area (Å²) in [6, 6.07) is 0.0694. The quantitative estimate of drug-likeness (QED) is 0.614. The van der Waals surface area contributed by atoms with E-state index in [2.05, 4.69) is 9.97 Å². The Morgan fingerprint density at radius 1 is 1.89 bits per heavy atom. The number of aromatic nitrogens is 2. The van der Waals surface area contributed by atoms with Crippen molar-refractivity contribution < 1.29 is 0 Å². The van der Waals surface area contributed by atoms with Crippen molar-refractivity contribution in [3.8, 4) is 0 Å². The molecule has 0 saturated heterocycles. The predicted molar refractivity (Wildman–Crippen MR) is 35.8 cm³/mol. The molecule has 0 bridgehead atoms. The molecule has 0 spiro atoms. The summed E-state index contributed by atoms with van der Waals surface area (Å²) in [4.78, 5) is 6.96. The number of rotatable bonds is 2. The van der Waals surface area contributed by atoms with E-state index in [1.165, 1.54) is 0 Å². The number of hydrogen-bond donors (Lipinski definition) is 2. The molecule has 0 fully saturated rings. The SMILES string of the molecule is CC[C@@H](N)c1ncc[nH]1. The molecular formula is C6H11N3. The van der Waals surface area contributed by atoms with Crippen LogP contribution in [0.1, 0.15) is 25.2 Å². The van der Waals surface area contributed by atoms with E-state index in [-0.39, 0.29) is 6.04 Å². The Labute approximate surface area is 54.3 Å². The van der Waals surface area contributed by atoms with E-state index in [9.17, 15) is 0 Å². The van der Waals surface area contributed by atoms with Gasteiger partial charge in [0.15, 0.2) is 0 Å². The number of nitrogens with one attached hydrogen (secondary N) is 1. The zero-order chi connectivity index (χ0) is 6.69. The molecule has 9 heavy (non-hydrogen) atoms. The number of imidazole rings is 1. The van der Waals surface area contributed by atoms with E-state index >= 15 is 0 Å². The standard InChI is InChI=1S/C6H11N3/c1-2-5(7)6-8-3-4-9-6/h3-5H,2,7H2,1H3,(H,8,9)/t5-/m1/s1. The molecule has 1 rings (SSSR count). The second-order valence-corrected chi connectivity index (χ2v) is 1.99. The smallest absolute Gasteiger partial charge is 0.122 e. The van der Waals surface area contributed by atoms with Crippen molar-refractivity contribution >= 4 is 0 Å². The molecule has 50 valence electrons. The second kappa shape index (κ2) is 2.64. The van der Waals surface area contributed by atoms with E-state index in [1.54, 1.807) is 12.4 Å². The van der Waals surface area contributed by atoms with Gasteiger partial charge in [0.05, 0.1) is 6.04 Å². The first kappa shape index (κ1) is 6.29. The molecule has 1 aromatic heterocycles. The summed E-state index contributed by atoms with van der Waals surface area (Å²) >= 11 is 0. The Morgan fingerprint density at radius 3 is 3.11 bits per heavy atom. The molecule has 0 radical (unpaired) electrons. The van der Waals surface area contributed by atoms with E-state index in [1.807, 2.05) is 6.92 Å². The molecule has 0 aliphatic carbocycles. The summed E-state index contributed by atoms with van der Waals surface area (Å²) in [7, 11) is 0. The summed E-state index contributed by atoms with van der Waals surface area (Å²) in [6.07, 6.45) is 4.42. The minimum absolute atomic E-state index is 0.0694. The van der Waals surface area contributed by atoms with Gasteiger partial charge in [0, 0.05) is 12.4 Å². The summed E-state index contributed by atoms with van der Waals surface area (Å²) < 4.78 is 0. The number of aromatic amines is 1. The van der Waals surface area contributed by atoms with Gasteiger partial charge in [0.2, 0.25) is 0 Å². The van der Waals surface area contributed by atoms with Gasteiger partial charge in [0.1, 0.15) is 5.82 Å². The van der Waals surface area contributed by atoms with E-state index < -0.39 is 0 Å². The number of H-pyrrole nitrogens is 1. The highest BCUT2D eigenvalue weighted by atomic mass is 14.9. The van der Waals surface area contributed by atoms with Gasteiger partial charge in [-0.1, -0.05) is 6.92 Å². The Bertz CT molecular complexity index is 157. The van der Waals surface area contributed by atoms with Gasteiger partial charge in [-0.25, -0.2) is 4.98 Å². The van der Waals surface area contributed by atoms with Gasteiger partial charge >= 0.3 is 0 Å². The lowest BCUT2D eigenvalue weighted by atomic mass is 10.2. The maximum Gasteiger partial charge on any atom is 0.122 e. The number of nitrogens with zero attached hydrogens (tertiary/aromatic N) is 1. The highest BCUT2D eigenvalue weighted by Crippen LogP contribution is 2.05. The van der Waals surface area contributed by atoms with Crippen LogP contribution in [0, 0.1) is 0 Å². The van der Waals surface area contributed by atoms with Gasteiger partial charge in [-0.05, 0) is 6.42 Å². The van der Waals surface area contributed by atoms with Crippen molar-refractivity contribution in [2.24, 2.45) is 5.73 Å². The number of hydrogen-bond acceptors (Lipinski definition) is 2. The average molecular weight is 125 g/mol. The summed E-state index contributed by atoms with van der Waals surface area (Å²) in [5.41, 5.74) is 5.64. The van der Waals surface area contributed by atoms with E-state index in [4.69, 9.17) is 5.73 Å². The predicted octanol–water partition coefficient (Wildman–Crippen LogP) is 0.820. The van der Waals surface area contributed by atoms with Gasteiger partial charge in [-0.3, -0.25) is 0 Å².